The standard InChI is InChI=1S/C19H22F2N2/c20-16-5-1-14(2-6-16)19(15-3-7-17(21)8-4-15)13-23-11-9-18(22)10-12-23/h1-8,18-19H,9-13,22H2. The summed E-state index contributed by atoms with van der Waals surface area (Å²) in [6.07, 6.45) is 2.00. The second kappa shape index (κ2) is 7.20. The Kier molecular flexibility index (Phi) is 5.03. The third-order valence-electron chi connectivity index (χ3n) is 4.62. The van der Waals surface area contributed by atoms with Crippen LogP contribution in [0.4, 0.5) is 8.78 Å². The van der Waals surface area contributed by atoms with E-state index in [1.54, 1.807) is 0 Å². The van der Waals surface area contributed by atoms with Crippen LogP contribution in [0.3, 0.4) is 0 Å². The Morgan fingerprint density at radius 3 is 1.74 bits per heavy atom. The van der Waals surface area contributed by atoms with E-state index in [4.69, 9.17) is 5.73 Å². The van der Waals surface area contributed by atoms with Crippen LogP contribution in [0.15, 0.2) is 48.5 Å². The molecule has 1 aliphatic rings. The summed E-state index contributed by atoms with van der Waals surface area (Å²) >= 11 is 0. The van der Waals surface area contributed by atoms with E-state index in [1.165, 1.54) is 24.3 Å². The van der Waals surface area contributed by atoms with E-state index in [0.29, 0.717) is 6.04 Å². The third kappa shape index (κ3) is 4.15. The minimum atomic E-state index is -0.240. The Labute approximate surface area is 135 Å². The molecule has 0 spiro atoms. The van der Waals surface area contributed by atoms with Gasteiger partial charge in [-0.15, -0.1) is 0 Å². The molecule has 2 aromatic carbocycles. The lowest BCUT2D eigenvalue weighted by atomic mass is 9.90. The van der Waals surface area contributed by atoms with Gasteiger partial charge >= 0.3 is 0 Å². The molecule has 0 aliphatic carbocycles. The van der Waals surface area contributed by atoms with Crippen LogP contribution in [0, 0.1) is 11.6 Å². The summed E-state index contributed by atoms with van der Waals surface area (Å²) < 4.78 is 26.5. The molecule has 0 unspecified atom stereocenters. The van der Waals surface area contributed by atoms with Crippen molar-refractivity contribution in [2.75, 3.05) is 19.6 Å². The van der Waals surface area contributed by atoms with Gasteiger partial charge in [0.05, 0.1) is 0 Å². The number of halogens is 2. The monoisotopic (exact) mass is 316 g/mol. The fourth-order valence-electron chi connectivity index (χ4n) is 3.19. The maximum absolute atomic E-state index is 13.2. The molecule has 2 nitrogen and oxygen atoms in total. The van der Waals surface area contributed by atoms with Crippen LogP contribution >= 0.6 is 0 Å². The van der Waals surface area contributed by atoms with E-state index < -0.39 is 0 Å². The normalized spacial score (nSPS) is 16.9. The highest BCUT2D eigenvalue weighted by molar-refractivity contribution is 5.33. The fraction of sp³-hybridized carbons (Fsp3) is 0.368. The van der Waals surface area contributed by atoms with Gasteiger partial charge in [0.25, 0.3) is 0 Å². The summed E-state index contributed by atoms with van der Waals surface area (Å²) in [6.45, 7) is 2.78. The lowest BCUT2D eigenvalue weighted by Gasteiger charge is -2.33. The average Bonchev–Trinajstić information content (AvgIpc) is 2.56. The van der Waals surface area contributed by atoms with Gasteiger partial charge in [-0.25, -0.2) is 8.78 Å². The summed E-state index contributed by atoms with van der Waals surface area (Å²) in [7, 11) is 0. The molecule has 0 saturated carbocycles. The number of benzene rings is 2. The molecule has 2 N–H and O–H groups in total. The van der Waals surface area contributed by atoms with Crippen LogP contribution in [0.25, 0.3) is 0 Å². The minimum Gasteiger partial charge on any atom is -0.328 e. The molecule has 23 heavy (non-hydrogen) atoms. The maximum atomic E-state index is 13.2. The summed E-state index contributed by atoms with van der Waals surface area (Å²) in [4.78, 5) is 2.39. The van der Waals surface area contributed by atoms with Crippen molar-refractivity contribution in [1.82, 2.24) is 4.90 Å². The lowest BCUT2D eigenvalue weighted by Crippen LogP contribution is -2.41. The van der Waals surface area contributed by atoms with Crippen LogP contribution in [0.5, 0.6) is 0 Å². The summed E-state index contributed by atoms with van der Waals surface area (Å²) in [5.41, 5.74) is 8.07. The Morgan fingerprint density at radius 2 is 1.30 bits per heavy atom. The summed E-state index contributed by atoms with van der Waals surface area (Å²) in [5, 5.41) is 0. The van der Waals surface area contributed by atoms with Crippen molar-refractivity contribution in [2.24, 2.45) is 5.73 Å². The van der Waals surface area contributed by atoms with Gasteiger partial charge in [0, 0.05) is 18.5 Å². The van der Waals surface area contributed by atoms with Crippen molar-refractivity contribution in [3.8, 4) is 0 Å². The largest absolute Gasteiger partial charge is 0.328 e. The highest BCUT2D eigenvalue weighted by atomic mass is 19.1. The van der Waals surface area contributed by atoms with Crippen LogP contribution in [-0.4, -0.2) is 30.6 Å². The van der Waals surface area contributed by atoms with Crippen molar-refractivity contribution in [2.45, 2.75) is 24.8 Å². The van der Waals surface area contributed by atoms with Crippen molar-refractivity contribution < 1.29 is 8.78 Å². The average molecular weight is 316 g/mol. The number of piperidine rings is 1. The van der Waals surface area contributed by atoms with E-state index in [0.717, 1.165) is 43.6 Å². The van der Waals surface area contributed by atoms with Gasteiger partial charge in [0.2, 0.25) is 0 Å². The van der Waals surface area contributed by atoms with Gasteiger partial charge in [-0.2, -0.15) is 0 Å². The first kappa shape index (κ1) is 16.1. The Hall–Kier alpha value is -1.78. The van der Waals surface area contributed by atoms with Crippen molar-refractivity contribution >= 4 is 0 Å². The summed E-state index contributed by atoms with van der Waals surface area (Å²) in [5.74, 6) is -0.378. The van der Waals surface area contributed by atoms with Crippen LogP contribution in [0.1, 0.15) is 29.9 Å². The maximum Gasteiger partial charge on any atom is 0.123 e. The molecule has 0 aromatic heterocycles. The minimum absolute atomic E-state index is 0.102. The fourth-order valence-corrected chi connectivity index (χ4v) is 3.19. The van der Waals surface area contributed by atoms with Gasteiger partial charge < -0.3 is 10.6 Å². The van der Waals surface area contributed by atoms with Crippen molar-refractivity contribution in [1.29, 1.82) is 0 Å². The highest BCUT2D eigenvalue weighted by Crippen LogP contribution is 2.27. The van der Waals surface area contributed by atoms with Gasteiger partial charge in [-0.05, 0) is 61.3 Å². The Bertz CT molecular complexity index is 571. The predicted octanol–water partition coefficient (Wildman–Crippen LogP) is 3.52. The first-order valence-corrected chi connectivity index (χ1v) is 8.10. The zero-order valence-electron chi connectivity index (χ0n) is 13.1. The Balaban J connectivity index is 1.83. The van der Waals surface area contributed by atoms with E-state index in [9.17, 15) is 8.78 Å². The first-order chi connectivity index (χ1) is 11.1. The molecule has 1 saturated heterocycles. The van der Waals surface area contributed by atoms with Crippen molar-refractivity contribution in [3.63, 3.8) is 0 Å². The second-order valence-electron chi connectivity index (χ2n) is 6.29. The van der Waals surface area contributed by atoms with E-state index in [2.05, 4.69) is 4.90 Å². The van der Waals surface area contributed by atoms with Crippen LogP contribution in [0.2, 0.25) is 0 Å². The van der Waals surface area contributed by atoms with E-state index >= 15 is 0 Å². The molecule has 0 radical (unpaired) electrons. The smallest absolute Gasteiger partial charge is 0.123 e. The van der Waals surface area contributed by atoms with Gasteiger partial charge in [-0.3, -0.25) is 0 Å². The molecule has 1 heterocycles. The number of hydrogen-bond acceptors (Lipinski definition) is 2. The van der Waals surface area contributed by atoms with Gasteiger partial charge in [0.1, 0.15) is 11.6 Å². The molecule has 0 amide bonds. The lowest BCUT2D eigenvalue weighted by molar-refractivity contribution is 0.207. The first-order valence-electron chi connectivity index (χ1n) is 8.10. The van der Waals surface area contributed by atoms with E-state index in [1.807, 2.05) is 24.3 Å². The highest BCUT2D eigenvalue weighted by Gasteiger charge is 2.22. The molecule has 0 bridgehead atoms. The number of nitrogens with two attached hydrogens (primary N) is 1. The molecular weight excluding hydrogens is 294 g/mol. The SMILES string of the molecule is NC1CCN(CC(c2ccc(F)cc2)c2ccc(F)cc2)CC1. The van der Waals surface area contributed by atoms with E-state index in [-0.39, 0.29) is 17.6 Å². The molecule has 1 aliphatic heterocycles. The van der Waals surface area contributed by atoms with Gasteiger partial charge in [0.15, 0.2) is 0 Å². The predicted molar refractivity (Wildman–Crippen MR) is 88.3 cm³/mol. The van der Waals surface area contributed by atoms with Crippen LogP contribution in [-0.2, 0) is 0 Å². The summed E-state index contributed by atoms with van der Waals surface area (Å²) in [6, 6.07) is 13.5. The number of rotatable bonds is 4. The number of nitrogens with zero attached hydrogens (tertiary/aromatic N) is 1. The molecule has 122 valence electrons. The molecular formula is C19H22F2N2. The molecule has 2 aromatic rings. The molecule has 3 rings (SSSR count). The molecule has 1 fully saturated rings. The second-order valence-corrected chi connectivity index (χ2v) is 6.29. The third-order valence-corrected chi connectivity index (χ3v) is 4.62. The van der Waals surface area contributed by atoms with Crippen LogP contribution < -0.4 is 5.73 Å². The Morgan fingerprint density at radius 1 is 0.870 bits per heavy atom. The number of likely N-dealkylation sites (tertiary alicyclic amines) is 1. The topological polar surface area (TPSA) is 29.3 Å². The zero-order valence-corrected chi connectivity index (χ0v) is 13.1. The zero-order chi connectivity index (χ0) is 16.2. The molecule has 4 heteroatoms. The number of hydrogen-bond donors (Lipinski definition) is 1. The molecule has 0 atom stereocenters. The van der Waals surface area contributed by atoms with Crippen molar-refractivity contribution in [3.05, 3.63) is 71.3 Å². The quantitative estimate of drug-likeness (QED) is 0.935. The van der Waals surface area contributed by atoms with Gasteiger partial charge in [-0.1, -0.05) is 24.3 Å².